The average Bonchev–Trinajstić information content (AvgIpc) is 3.30. The molecule has 2 N–H and O–H groups in total. The Hall–Kier alpha value is -3.55. The molecule has 0 bridgehead atoms. The van der Waals surface area contributed by atoms with Gasteiger partial charge in [-0.15, -0.1) is 0 Å². The Kier molecular flexibility index (Phi) is 10.0. The van der Waals surface area contributed by atoms with E-state index in [-0.39, 0.29) is 25.0 Å². The maximum atomic E-state index is 13.5. The summed E-state index contributed by atoms with van der Waals surface area (Å²) < 4.78 is 122. The van der Waals surface area contributed by atoms with Gasteiger partial charge in [0.05, 0.1) is 36.7 Å². The van der Waals surface area contributed by atoms with E-state index in [0.29, 0.717) is 44.5 Å². The number of alkyl halides is 9. The van der Waals surface area contributed by atoms with E-state index in [1.807, 2.05) is 0 Å². The molecule has 244 valence electrons. The Morgan fingerprint density at radius 1 is 1.00 bits per heavy atom. The molecular formula is C24H27F9N8O3. The molecule has 0 spiro atoms. The number of aromatic nitrogens is 2. The number of halogens is 9. The zero-order valence-electron chi connectivity index (χ0n) is 22.7. The number of carbonyl (C=O) groups is 2. The van der Waals surface area contributed by atoms with E-state index < -0.39 is 79.4 Å². The number of hydrazone groups is 1. The summed E-state index contributed by atoms with van der Waals surface area (Å²) in [5.41, 5.74) is -0.117. The molecule has 1 aromatic rings. The molecule has 2 saturated heterocycles. The topological polar surface area (TPSA) is 124 Å². The summed E-state index contributed by atoms with van der Waals surface area (Å²) in [4.78, 5) is 39.5. The SMILES string of the molecule is O=C1NN=CC(=N[C@@H](CNCC(F)(F)F)CO[C@@H]2CCN(C3CCN(c4ncc(C(F)(F)F)cn4)CC3)C2=O)C1C(F)(F)F. The normalized spacial score (nSPS) is 23.9. The van der Waals surface area contributed by atoms with Crippen molar-refractivity contribution < 1.29 is 53.8 Å². The van der Waals surface area contributed by atoms with E-state index in [2.05, 4.69) is 25.4 Å². The number of nitrogens with zero attached hydrogens (tertiary/aromatic N) is 6. The van der Waals surface area contributed by atoms with Crippen molar-refractivity contribution in [3.05, 3.63) is 18.0 Å². The summed E-state index contributed by atoms with van der Waals surface area (Å²) >= 11 is 0. The standard InChI is InChI=1S/C24H27F9N8O3/c25-22(26,27)12-34-9-14(38-16-10-37-39-19(42)18(16)24(31,32)33)11-44-17-3-6-41(20(17)43)15-1-4-40(5-2-15)21-35-7-13(8-36-21)23(28,29)30/h7-8,10,14-15,17-18,34H,1-6,9,11-12H2,(H,39,42)/t14-,17+,18?/m0/s1. The van der Waals surface area contributed by atoms with Gasteiger partial charge >= 0.3 is 18.5 Å². The molecule has 0 radical (unpaired) electrons. The second-order valence-corrected chi connectivity index (χ2v) is 10.3. The molecule has 0 aliphatic carbocycles. The predicted molar refractivity (Wildman–Crippen MR) is 135 cm³/mol. The van der Waals surface area contributed by atoms with Crippen molar-refractivity contribution in [1.29, 1.82) is 0 Å². The van der Waals surface area contributed by atoms with Crippen LogP contribution >= 0.6 is 0 Å². The molecule has 44 heavy (non-hydrogen) atoms. The fourth-order valence-electron chi connectivity index (χ4n) is 5.02. The van der Waals surface area contributed by atoms with Gasteiger partial charge in [-0.3, -0.25) is 14.6 Å². The summed E-state index contributed by atoms with van der Waals surface area (Å²) in [6.07, 6.45) is -12.1. The smallest absolute Gasteiger partial charge is 0.366 e. The number of likely N-dealkylation sites (tertiary alicyclic amines) is 1. The van der Waals surface area contributed by atoms with E-state index in [0.717, 1.165) is 0 Å². The first-order chi connectivity index (χ1) is 20.5. The first kappa shape index (κ1) is 33.3. The summed E-state index contributed by atoms with van der Waals surface area (Å²) in [5.74, 6) is -4.49. The van der Waals surface area contributed by atoms with E-state index in [4.69, 9.17) is 4.74 Å². The van der Waals surface area contributed by atoms with E-state index in [1.54, 1.807) is 15.2 Å². The molecule has 0 aromatic carbocycles. The lowest BCUT2D eigenvalue weighted by Crippen LogP contribution is -2.48. The Morgan fingerprint density at radius 2 is 1.66 bits per heavy atom. The average molecular weight is 647 g/mol. The van der Waals surface area contributed by atoms with Gasteiger partial charge in [-0.1, -0.05) is 0 Å². The van der Waals surface area contributed by atoms with Crippen LogP contribution in [0.3, 0.4) is 0 Å². The monoisotopic (exact) mass is 646 g/mol. The summed E-state index contributed by atoms with van der Waals surface area (Å²) in [7, 11) is 0. The predicted octanol–water partition coefficient (Wildman–Crippen LogP) is 2.34. The molecule has 1 unspecified atom stereocenters. The highest BCUT2D eigenvalue weighted by molar-refractivity contribution is 6.37. The van der Waals surface area contributed by atoms with Crippen molar-refractivity contribution in [2.75, 3.05) is 44.2 Å². The number of aliphatic imine (C=N–C) groups is 1. The van der Waals surface area contributed by atoms with E-state index >= 15 is 0 Å². The molecule has 2 fully saturated rings. The third kappa shape index (κ3) is 8.54. The van der Waals surface area contributed by atoms with Crippen molar-refractivity contribution in [3.63, 3.8) is 0 Å². The second kappa shape index (κ2) is 13.2. The minimum Gasteiger partial charge on any atom is -0.366 e. The number of piperidine rings is 1. The van der Waals surface area contributed by atoms with Gasteiger partial charge in [-0.05, 0) is 12.8 Å². The molecule has 1 aromatic heterocycles. The zero-order valence-corrected chi connectivity index (χ0v) is 22.7. The first-order valence-electron chi connectivity index (χ1n) is 13.3. The number of amides is 2. The van der Waals surface area contributed by atoms with Crippen LogP contribution in [-0.4, -0.2) is 108 Å². The van der Waals surface area contributed by atoms with Crippen LogP contribution in [0.5, 0.6) is 0 Å². The van der Waals surface area contributed by atoms with Crippen LogP contribution in [0.1, 0.15) is 24.8 Å². The van der Waals surface area contributed by atoms with Crippen molar-refractivity contribution in [2.24, 2.45) is 16.0 Å². The maximum Gasteiger partial charge on any atom is 0.419 e. The molecule has 3 aliphatic rings. The van der Waals surface area contributed by atoms with Crippen LogP contribution in [0.4, 0.5) is 45.5 Å². The summed E-state index contributed by atoms with van der Waals surface area (Å²) in [6.45, 7) is -1.57. The molecule has 20 heteroatoms. The number of anilines is 1. The fourth-order valence-corrected chi connectivity index (χ4v) is 5.02. The number of hydrogen-bond donors (Lipinski definition) is 2. The Labute approximate surface area is 243 Å². The fraction of sp³-hybridized carbons (Fsp3) is 0.667. The van der Waals surface area contributed by atoms with E-state index in [9.17, 15) is 49.1 Å². The van der Waals surface area contributed by atoms with Crippen LogP contribution in [0.15, 0.2) is 22.5 Å². The number of nitrogens with one attached hydrogen (secondary N) is 2. The molecule has 0 saturated carbocycles. The van der Waals surface area contributed by atoms with Gasteiger partial charge < -0.3 is 19.9 Å². The minimum absolute atomic E-state index is 0.116. The minimum atomic E-state index is -5.05. The molecule has 3 aliphatic heterocycles. The van der Waals surface area contributed by atoms with Crippen molar-refractivity contribution in [3.8, 4) is 0 Å². The van der Waals surface area contributed by atoms with E-state index in [1.165, 1.54) is 0 Å². The third-order valence-corrected chi connectivity index (χ3v) is 7.13. The number of hydrogen-bond acceptors (Lipinski definition) is 9. The summed E-state index contributed by atoms with van der Waals surface area (Å²) in [6, 6.07) is -1.57. The maximum absolute atomic E-state index is 13.5. The van der Waals surface area contributed by atoms with Crippen LogP contribution < -0.4 is 15.6 Å². The molecule has 11 nitrogen and oxygen atoms in total. The van der Waals surface area contributed by atoms with Gasteiger partial charge in [0, 0.05) is 51.0 Å². The number of ether oxygens (including phenoxy) is 1. The second-order valence-electron chi connectivity index (χ2n) is 10.3. The lowest BCUT2D eigenvalue weighted by Gasteiger charge is -2.36. The lowest BCUT2D eigenvalue weighted by atomic mass is 10.0. The molecular weight excluding hydrogens is 619 g/mol. The quantitative estimate of drug-likeness (QED) is 0.395. The van der Waals surface area contributed by atoms with Crippen molar-refractivity contribution in [1.82, 2.24) is 25.6 Å². The van der Waals surface area contributed by atoms with Gasteiger partial charge in [-0.25, -0.2) is 15.4 Å². The van der Waals surface area contributed by atoms with Crippen LogP contribution in [0.25, 0.3) is 0 Å². The largest absolute Gasteiger partial charge is 0.419 e. The summed E-state index contributed by atoms with van der Waals surface area (Å²) in [5, 5.41) is 5.36. The highest BCUT2D eigenvalue weighted by atomic mass is 19.4. The Bertz CT molecular complexity index is 1230. The highest BCUT2D eigenvalue weighted by Crippen LogP contribution is 2.31. The van der Waals surface area contributed by atoms with Crippen LogP contribution in [0, 0.1) is 5.92 Å². The van der Waals surface area contributed by atoms with Gasteiger partial charge in [-0.2, -0.15) is 44.6 Å². The van der Waals surface area contributed by atoms with Gasteiger partial charge in [0.2, 0.25) is 5.95 Å². The molecule has 2 amide bonds. The number of rotatable bonds is 9. The molecule has 3 atom stereocenters. The van der Waals surface area contributed by atoms with Crippen LogP contribution in [-0.2, 0) is 20.5 Å². The Balaban J connectivity index is 1.35. The lowest BCUT2D eigenvalue weighted by molar-refractivity contribution is -0.168. The Morgan fingerprint density at radius 3 is 2.25 bits per heavy atom. The highest BCUT2D eigenvalue weighted by Gasteiger charge is 2.49. The van der Waals surface area contributed by atoms with Crippen LogP contribution in [0.2, 0.25) is 0 Å². The van der Waals surface area contributed by atoms with Gasteiger partial charge in [0.25, 0.3) is 11.8 Å². The van der Waals surface area contributed by atoms with Gasteiger partial charge in [0.15, 0.2) is 5.92 Å². The van der Waals surface area contributed by atoms with Gasteiger partial charge in [0.1, 0.15) is 6.10 Å². The molecule has 4 rings (SSSR count). The molecule has 4 heterocycles. The third-order valence-electron chi connectivity index (χ3n) is 7.13. The zero-order chi connectivity index (χ0) is 32.3. The first-order valence-corrected chi connectivity index (χ1v) is 13.3. The number of carbonyl (C=O) groups excluding carboxylic acids is 2. The van der Waals surface area contributed by atoms with Crippen molar-refractivity contribution in [2.45, 2.75) is 56.0 Å². The van der Waals surface area contributed by atoms with Crippen molar-refractivity contribution >= 4 is 29.7 Å².